The van der Waals surface area contributed by atoms with Crippen molar-refractivity contribution in [1.29, 1.82) is 0 Å². The normalized spacial score (nSPS) is 11.8. The van der Waals surface area contributed by atoms with Crippen LogP contribution in [0, 0.1) is 6.92 Å². The second-order valence-electron chi connectivity index (χ2n) is 7.45. The summed E-state index contributed by atoms with van der Waals surface area (Å²) in [7, 11) is -3.57. The van der Waals surface area contributed by atoms with Gasteiger partial charge in [-0.05, 0) is 60.5 Å². The Morgan fingerprint density at radius 3 is 2.27 bits per heavy atom. The summed E-state index contributed by atoms with van der Waals surface area (Å²) in [5.41, 5.74) is 1.15. The molecule has 0 bridgehead atoms. The van der Waals surface area contributed by atoms with Crippen LogP contribution in [0.2, 0.25) is 5.02 Å². The van der Waals surface area contributed by atoms with Gasteiger partial charge in [0.25, 0.3) is 5.91 Å². The fraction of sp³-hybridized carbons (Fsp3) is 0.174. The van der Waals surface area contributed by atoms with E-state index in [-0.39, 0.29) is 17.8 Å². The SMILES string of the molecule is Cc1cccc(N(Cc2ccc(C(=O)Nc3ccc(Cl)c(C(F)(F)F)c3)cc2)S(C)(=O)=O)c1. The van der Waals surface area contributed by atoms with Gasteiger partial charge in [0.05, 0.1) is 29.1 Å². The Balaban J connectivity index is 1.77. The van der Waals surface area contributed by atoms with E-state index in [9.17, 15) is 26.4 Å². The molecule has 0 heterocycles. The van der Waals surface area contributed by atoms with Gasteiger partial charge in [-0.15, -0.1) is 0 Å². The van der Waals surface area contributed by atoms with Crippen LogP contribution in [-0.2, 0) is 22.7 Å². The zero-order valence-corrected chi connectivity index (χ0v) is 19.2. The highest BCUT2D eigenvalue weighted by molar-refractivity contribution is 7.92. The van der Waals surface area contributed by atoms with Crippen molar-refractivity contribution in [2.45, 2.75) is 19.6 Å². The van der Waals surface area contributed by atoms with Gasteiger partial charge in [-0.3, -0.25) is 9.10 Å². The summed E-state index contributed by atoms with van der Waals surface area (Å²) in [4.78, 5) is 12.5. The number of rotatable bonds is 6. The van der Waals surface area contributed by atoms with Crippen LogP contribution in [0.4, 0.5) is 24.5 Å². The second-order valence-corrected chi connectivity index (χ2v) is 9.77. The van der Waals surface area contributed by atoms with Gasteiger partial charge in [0.15, 0.2) is 0 Å². The molecule has 0 fully saturated rings. The summed E-state index contributed by atoms with van der Waals surface area (Å²) >= 11 is 5.60. The topological polar surface area (TPSA) is 66.5 Å². The standard InChI is InChI=1S/C23H20ClF3N2O3S/c1-15-4-3-5-19(12-15)29(33(2,31)32)14-16-6-8-17(9-7-16)22(30)28-18-10-11-21(24)20(13-18)23(25,26)27/h3-13H,14H2,1-2H3,(H,28,30). The molecule has 174 valence electrons. The average molecular weight is 497 g/mol. The number of nitrogens with one attached hydrogen (secondary N) is 1. The molecule has 10 heteroatoms. The number of halogens is 4. The quantitative estimate of drug-likeness (QED) is 0.463. The fourth-order valence-electron chi connectivity index (χ4n) is 3.13. The molecule has 0 radical (unpaired) electrons. The number of nitrogens with zero attached hydrogens (tertiary/aromatic N) is 1. The molecule has 0 saturated heterocycles. The first kappa shape index (κ1) is 24.6. The fourth-order valence-corrected chi connectivity index (χ4v) is 4.24. The molecule has 0 spiro atoms. The molecule has 0 aromatic heterocycles. The van der Waals surface area contributed by atoms with Crippen molar-refractivity contribution in [3.8, 4) is 0 Å². The third kappa shape index (κ3) is 6.27. The molecule has 0 atom stereocenters. The van der Waals surface area contributed by atoms with Crippen LogP contribution in [0.5, 0.6) is 0 Å². The molecule has 33 heavy (non-hydrogen) atoms. The Hall–Kier alpha value is -3.04. The Bertz CT molecular complexity index is 1280. The smallest absolute Gasteiger partial charge is 0.322 e. The van der Waals surface area contributed by atoms with Crippen molar-refractivity contribution in [2.75, 3.05) is 15.9 Å². The minimum Gasteiger partial charge on any atom is -0.322 e. The molecule has 0 aliphatic heterocycles. The molecule has 3 rings (SSSR count). The summed E-state index contributed by atoms with van der Waals surface area (Å²) in [6, 6.07) is 16.3. The lowest BCUT2D eigenvalue weighted by molar-refractivity contribution is -0.137. The van der Waals surface area contributed by atoms with Crippen molar-refractivity contribution in [2.24, 2.45) is 0 Å². The Labute approximate surface area is 194 Å². The minimum atomic E-state index is -4.65. The predicted molar refractivity (Wildman–Crippen MR) is 123 cm³/mol. The number of hydrogen-bond donors (Lipinski definition) is 1. The monoisotopic (exact) mass is 496 g/mol. The maximum absolute atomic E-state index is 13.0. The van der Waals surface area contributed by atoms with Gasteiger partial charge < -0.3 is 5.32 Å². The number of sulfonamides is 1. The second kappa shape index (κ2) is 9.44. The summed E-state index contributed by atoms with van der Waals surface area (Å²) in [5, 5.41) is 1.95. The summed E-state index contributed by atoms with van der Waals surface area (Å²) in [6.45, 7) is 1.91. The van der Waals surface area contributed by atoms with Crippen molar-refractivity contribution in [3.63, 3.8) is 0 Å². The molecule has 1 amide bonds. The Kier molecular flexibility index (Phi) is 7.04. The van der Waals surface area contributed by atoms with Crippen LogP contribution in [0.15, 0.2) is 66.7 Å². The van der Waals surface area contributed by atoms with Crippen molar-refractivity contribution in [3.05, 3.63) is 94.0 Å². The number of carbonyl (C=O) groups excluding carboxylic acids is 1. The van der Waals surface area contributed by atoms with Gasteiger partial charge >= 0.3 is 6.18 Å². The highest BCUT2D eigenvalue weighted by Gasteiger charge is 2.33. The van der Waals surface area contributed by atoms with Gasteiger partial charge in [0.1, 0.15) is 0 Å². The lowest BCUT2D eigenvalue weighted by atomic mass is 10.1. The van der Waals surface area contributed by atoms with E-state index >= 15 is 0 Å². The van der Waals surface area contributed by atoms with Gasteiger partial charge in [0, 0.05) is 11.3 Å². The molecule has 0 unspecified atom stereocenters. The third-order valence-corrected chi connectivity index (χ3v) is 6.23. The molecule has 3 aromatic carbocycles. The summed E-state index contributed by atoms with van der Waals surface area (Å²) < 4.78 is 65.0. The highest BCUT2D eigenvalue weighted by Crippen LogP contribution is 2.36. The maximum Gasteiger partial charge on any atom is 0.417 e. The van der Waals surface area contributed by atoms with E-state index in [2.05, 4.69) is 5.32 Å². The number of anilines is 2. The molecule has 5 nitrogen and oxygen atoms in total. The Morgan fingerprint density at radius 1 is 1.03 bits per heavy atom. The molecule has 0 saturated carbocycles. The van der Waals surface area contributed by atoms with Crippen LogP contribution in [0.1, 0.15) is 27.0 Å². The van der Waals surface area contributed by atoms with Crippen LogP contribution in [-0.4, -0.2) is 20.6 Å². The zero-order chi connectivity index (χ0) is 24.4. The van der Waals surface area contributed by atoms with E-state index in [4.69, 9.17) is 11.6 Å². The van der Waals surface area contributed by atoms with E-state index < -0.39 is 32.7 Å². The summed E-state index contributed by atoms with van der Waals surface area (Å²) in [5.74, 6) is -0.615. The van der Waals surface area contributed by atoms with Crippen molar-refractivity contribution in [1.82, 2.24) is 0 Å². The van der Waals surface area contributed by atoms with Crippen LogP contribution in [0.3, 0.4) is 0 Å². The number of aryl methyl sites for hydroxylation is 1. The van der Waals surface area contributed by atoms with Crippen LogP contribution < -0.4 is 9.62 Å². The van der Waals surface area contributed by atoms with Gasteiger partial charge in [-0.1, -0.05) is 35.9 Å². The van der Waals surface area contributed by atoms with Gasteiger partial charge in [-0.2, -0.15) is 13.2 Å². The first-order valence-electron chi connectivity index (χ1n) is 9.66. The lowest BCUT2D eigenvalue weighted by Crippen LogP contribution is -2.29. The number of alkyl halides is 3. The number of amides is 1. The van der Waals surface area contributed by atoms with Gasteiger partial charge in [-0.25, -0.2) is 8.42 Å². The molecule has 3 aromatic rings. The molecular weight excluding hydrogens is 477 g/mol. The number of benzene rings is 3. The number of hydrogen-bond acceptors (Lipinski definition) is 3. The zero-order valence-electron chi connectivity index (χ0n) is 17.7. The minimum absolute atomic E-state index is 0.0519. The molecule has 0 aliphatic rings. The van der Waals surface area contributed by atoms with E-state index in [0.717, 1.165) is 24.0 Å². The lowest BCUT2D eigenvalue weighted by Gasteiger charge is -2.23. The number of carbonyl (C=O) groups is 1. The highest BCUT2D eigenvalue weighted by atomic mass is 35.5. The van der Waals surface area contributed by atoms with Crippen molar-refractivity contribution < 1.29 is 26.4 Å². The van der Waals surface area contributed by atoms with E-state index in [1.165, 1.54) is 22.5 Å². The van der Waals surface area contributed by atoms with Crippen molar-refractivity contribution >= 4 is 38.9 Å². The average Bonchev–Trinajstić information content (AvgIpc) is 2.72. The van der Waals surface area contributed by atoms with E-state index in [0.29, 0.717) is 11.3 Å². The van der Waals surface area contributed by atoms with E-state index in [1.807, 2.05) is 13.0 Å². The summed E-state index contributed by atoms with van der Waals surface area (Å²) in [6.07, 6.45) is -3.54. The van der Waals surface area contributed by atoms with Gasteiger partial charge in [0.2, 0.25) is 10.0 Å². The first-order chi connectivity index (χ1) is 15.3. The molecule has 1 N–H and O–H groups in total. The first-order valence-corrected chi connectivity index (χ1v) is 11.9. The predicted octanol–water partition coefficient (Wildman–Crippen LogP) is 5.89. The van der Waals surface area contributed by atoms with E-state index in [1.54, 1.807) is 30.3 Å². The third-order valence-electron chi connectivity index (χ3n) is 4.76. The largest absolute Gasteiger partial charge is 0.417 e. The van der Waals surface area contributed by atoms with Crippen LogP contribution >= 0.6 is 11.6 Å². The Morgan fingerprint density at radius 2 is 1.70 bits per heavy atom. The molecule has 0 aliphatic carbocycles. The van der Waals surface area contributed by atoms with Crippen LogP contribution in [0.25, 0.3) is 0 Å². The maximum atomic E-state index is 13.0. The molecular formula is C23H20ClF3N2O3S.